The Bertz CT molecular complexity index is 1320. The molecule has 8 heteroatoms. The fourth-order valence-electron chi connectivity index (χ4n) is 3.74. The maximum absolute atomic E-state index is 13.2. The average Bonchev–Trinajstić information content (AvgIpc) is 3.30. The zero-order valence-corrected chi connectivity index (χ0v) is 20.6. The number of aromatic nitrogens is 2. The van der Waals surface area contributed by atoms with Gasteiger partial charge in [-0.3, -0.25) is 10.1 Å². The summed E-state index contributed by atoms with van der Waals surface area (Å²) in [4.78, 5) is 26.1. The highest BCUT2D eigenvalue weighted by molar-refractivity contribution is 7.18. The van der Waals surface area contributed by atoms with Crippen molar-refractivity contribution < 1.29 is 9.59 Å². The molecule has 0 aliphatic rings. The third-order valence-corrected chi connectivity index (χ3v) is 6.43. The number of hydrogen-bond donors (Lipinski definition) is 3. The molecule has 178 valence electrons. The lowest BCUT2D eigenvalue weighted by atomic mass is 10.1. The van der Waals surface area contributed by atoms with E-state index in [0.717, 1.165) is 33.5 Å². The molecule has 0 aliphatic carbocycles. The molecule has 0 radical (unpaired) electrons. The summed E-state index contributed by atoms with van der Waals surface area (Å²) in [6.07, 6.45) is 0.330. The Morgan fingerprint density at radius 2 is 1.57 bits per heavy atom. The maximum Gasteiger partial charge on any atom is 0.319 e. The number of hydrogen-bond acceptors (Lipinski definition) is 5. The van der Waals surface area contributed by atoms with Gasteiger partial charge in [0, 0.05) is 17.7 Å². The molecule has 4 rings (SSSR count). The number of carbonyl (C=O) groups excluding carboxylic acids is 2. The van der Waals surface area contributed by atoms with Crippen LogP contribution < -0.4 is 16.0 Å². The van der Waals surface area contributed by atoms with Crippen molar-refractivity contribution in [3.63, 3.8) is 0 Å². The molecule has 1 aromatic heterocycles. The number of para-hydroxylation sites is 1. The molecule has 0 fully saturated rings. The van der Waals surface area contributed by atoms with Gasteiger partial charge in [0.25, 0.3) is 0 Å². The van der Waals surface area contributed by atoms with Crippen molar-refractivity contribution in [3.05, 3.63) is 95.1 Å². The van der Waals surface area contributed by atoms with E-state index in [0.29, 0.717) is 16.6 Å². The van der Waals surface area contributed by atoms with Crippen LogP contribution in [-0.4, -0.2) is 28.2 Å². The number of carbonyl (C=O) groups is 2. The fraction of sp³-hybridized carbons (Fsp3) is 0.185. The largest absolute Gasteiger partial charge is 0.326 e. The lowest BCUT2D eigenvalue weighted by Gasteiger charge is -2.19. The molecule has 3 amide bonds. The van der Waals surface area contributed by atoms with Crippen molar-refractivity contribution in [1.82, 2.24) is 15.5 Å². The van der Waals surface area contributed by atoms with Gasteiger partial charge in [0.05, 0.1) is 0 Å². The van der Waals surface area contributed by atoms with E-state index in [9.17, 15) is 9.59 Å². The third kappa shape index (κ3) is 6.30. The van der Waals surface area contributed by atoms with Gasteiger partial charge in [-0.05, 0) is 43.5 Å². The normalized spacial score (nSPS) is 11.5. The monoisotopic (exact) mass is 485 g/mol. The van der Waals surface area contributed by atoms with E-state index in [1.807, 2.05) is 93.6 Å². The van der Waals surface area contributed by atoms with Crippen molar-refractivity contribution in [1.29, 1.82) is 0 Å². The van der Waals surface area contributed by atoms with Crippen LogP contribution in [0.3, 0.4) is 0 Å². The first-order chi connectivity index (χ1) is 16.9. The van der Waals surface area contributed by atoms with Crippen LogP contribution in [0, 0.1) is 20.8 Å². The van der Waals surface area contributed by atoms with Gasteiger partial charge in [0.2, 0.25) is 11.0 Å². The summed E-state index contributed by atoms with van der Waals surface area (Å²) in [5, 5.41) is 18.0. The molecule has 0 bridgehead atoms. The molecule has 0 saturated heterocycles. The summed E-state index contributed by atoms with van der Waals surface area (Å²) < 4.78 is 0. The molecule has 3 aromatic carbocycles. The van der Waals surface area contributed by atoms with Gasteiger partial charge in [0.1, 0.15) is 11.0 Å². The summed E-state index contributed by atoms with van der Waals surface area (Å²) in [5.41, 5.74) is 5.61. The molecule has 1 atom stereocenters. The molecular formula is C27H27N5O2S. The molecule has 3 N–H and O–H groups in total. The maximum atomic E-state index is 13.2. The van der Waals surface area contributed by atoms with Crippen molar-refractivity contribution in [3.8, 4) is 10.6 Å². The SMILES string of the molecule is Cc1cccc(-c2nnc(NC(=O)C(Cc3ccccc3)NC(=O)Nc3c(C)cccc3C)s2)c1. The molecule has 35 heavy (non-hydrogen) atoms. The standard InChI is InChI=1S/C27H27N5O2S/c1-17-9-7-14-21(15-17)25-31-32-27(35-25)30-24(33)22(16-20-12-5-4-6-13-20)28-26(34)29-23-18(2)10-8-11-19(23)3/h4-15,22H,16H2,1-3H3,(H2,28,29,34)(H,30,32,33). The Hall–Kier alpha value is -4.04. The number of nitrogens with zero attached hydrogens (tertiary/aromatic N) is 2. The van der Waals surface area contributed by atoms with Crippen LogP contribution in [0.25, 0.3) is 10.6 Å². The van der Waals surface area contributed by atoms with Crippen LogP contribution in [0.4, 0.5) is 15.6 Å². The van der Waals surface area contributed by atoms with E-state index < -0.39 is 12.1 Å². The van der Waals surface area contributed by atoms with E-state index in [-0.39, 0.29) is 5.91 Å². The minimum absolute atomic E-state index is 0.330. The lowest BCUT2D eigenvalue weighted by molar-refractivity contribution is -0.117. The van der Waals surface area contributed by atoms with Crippen LogP contribution in [-0.2, 0) is 11.2 Å². The molecule has 1 heterocycles. The second-order valence-corrected chi connectivity index (χ2v) is 9.36. The number of urea groups is 1. The highest BCUT2D eigenvalue weighted by atomic mass is 32.1. The average molecular weight is 486 g/mol. The second-order valence-electron chi connectivity index (χ2n) is 8.38. The van der Waals surface area contributed by atoms with Crippen LogP contribution >= 0.6 is 11.3 Å². The third-order valence-electron chi connectivity index (χ3n) is 5.54. The summed E-state index contributed by atoms with van der Waals surface area (Å²) in [6.45, 7) is 5.87. The first-order valence-electron chi connectivity index (χ1n) is 11.3. The van der Waals surface area contributed by atoms with Gasteiger partial charge in [-0.1, -0.05) is 83.6 Å². The van der Waals surface area contributed by atoms with Crippen molar-refractivity contribution in [2.24, 2.45) is 0 Å². The van der Waals surface area contributed by atoms with E-state index >= 15 is 0 Å². The van der Waals surface area contributed by atoms with E-state index in [2.05, 4.69) is 26.1 Å². The Morgan fingerprint density at radius 3 is 2.29 bits per heavy atom. The quantitative estimate of drug-likeness (QED) is 0.322. The van der Waals surface area contributed by atoms with Gasteiger partial charge in [-0.15, -0.1) is 10.2 Å². The summed E-state index contributed by atoms with van der Waals surface area (Å²) in [7, 11) is 0. The number of aryl methyl sites for hydroxylation is 3. The Labute approximate surface area is 208 Å². The fourth-order valence-corrected chi connectivity index (χ4v) is 4.48. The minimum Gasteiger partial charge on any atom is -0.326 e. The molecule has 7 nitrogen and oxygen atoms in total. The van der Waals surface area contributed by atoms with Crippen molar-refractivity contribution >= 4 is 34.1 Å². The number of nitrogens with one attached hydrogen (secondary N) is 3. The molecule has 1 unspecified atom stereocenters. The molecule has 0 saturated carbocycles. The van der Waals surface area contributed by atoms with E-state index in [4.69, 9.17) is 0 Å². The van der Waals surface area contributed by atoms with Crippen LogP contribution in [0.2, 0.25) is 0 Å². The Balaban J connectivity index is 1.50. The molecular weight excluding hydrogens is 458 g/mol. The van der Waals surface area contributed by atoms with Gasteiger partial charge in [-0.2, -0.15) is 0 Å². The summed E-state index contributed by atoms with van der Waals surface area (Å²) >= 11 is 1.29. The predicted octanol–water partition coefficient (Wildman–Crippen LogP) is 5.50. The van der Waals surface area contributed by atoms with Crippen molar-refractivity contribution in [2.45, 2.75) is 33.2 Å². The topological polar surface area (TPSA) is 96.0 Å². The molecule has 0 aliphatic heterocycles. The summed E-state index contributed by atoms with van der Waals surface area (Å²) in [6, 6.07) is 22.0. The van der Waals surface area contributed by atoms with E-state index in [1.165, 1.54) is 11.3 Å². The molecule has 0 spiro atoms. The first kappa shape index (κ1) is 24.1. The number of amides is 3. The van der Waals surface area contributed by atoms with Crippen LogP contribution in [0.5, 0.6) is 0 Å². The Kier molecular flexibility index (Phi) is 7.52. The van der Waals surface area contributed by atoms with Gasteiger partial charge in [-0.25, -0.2) is 4.79 Å². The van der Waals surface area contributed by atoms with E-state index in [1.54, 1.807) is 0 Å². The second kappa shape index (κ2) is 10.9. The number of anilines is 2. The van der Waals surface area contributed by atoms with Crippen LogP contribution in [0.1, 0.15) is 22.3 Å². The number of rotatable bonds is 7. The molecule has 4 aromatic rings. The smallest absolute Gasteiger partial charge is 0.319 e. The number of benzene rings is 3. The highest BCUT2D eigenvalue weighted by Crippen LogP contribution is 2.27. The van der Waals surface area contributed by atoms with Gasteiger partial charge < -0.3 is 10.6 Å². The zero-order valence-electron chi connectivity index (χ0n) is 19.8. The highest BCUT2D eigenvalue weighted by Gasteiger charge is 2.23. The summed E-state index contributed by atoms with van der Waals surface area (Å²) in [5.74, 6) is -0.363. The van der Waals surface area contributed by atoms with Crippen molar-refractivity contribution in [2.75, 3.05) is 10.6 Å². The Morgan fingerprint density at radius 1 is 0.857 bits per heavy atom. The zero-order chi connectivity index (χ0) is 24.8. The minimum atomic E-state index is -0.812. The predicted molar refractivity (Wildman–Crippen MR) is 141 cm³/mol. The lowest BCUT2D eigenvalue weighted by Crippen LogP contribution is -2.47. The van der Waals surface area contributed by atoms with Crippen LogP contribution in [0.15, 0.2) is 72.8 Å². The first-order valence-corrected chi connectivity index (χ1v) is 12.1. The van der Waals surface area contributed by atoms with Gasteiger partial charge >= 0.3 is 6.03 Å². The van der Waals surface area contributed by atoms with Gasteiger partial charge in [0.15, 0.2) is 0 Å².